The number of rotatable bonds is 5. The van der Waals surface area contributed by atoms with Gasteiger partial charge in [-0.05, 0) is 0 Å². The number of hydrogen-bond donors (Lipinski definition) is 5. The van der Waals surface area contributed by atoms with Gasteiger partial charge >= 0.3 is 29.8 Å². The van der Waals surface area contributed by atoms with E-state index < -0.39 is 59.4 Å². The fourth-order valence-corrected chi connectivity index (χ4v) is 2.65. The molecule has 110 valence electrons. The second-order valence-electron chi connectivity index (χ2n) is 4.32. The molecule has 10 nitrogen and oxygen atoms in total. The SMILES string of the molecule is O=C(O)C1[C@H](C(=O)O)[C@@H](C(=O)O)[C@H](C(=O)O)[C@@H]1C(=O)O. The number of carboxylic acids is 5. The van der Waals surface area contributed by atoms with Crippen LogP contribution in [-0.4, -0.2) is 55.4 Å². The van der Waals surface area contributed by atoms with Crippen LogP contribution in [0.3, 0.4) is 0 Å². The van der Waals surface area contributed by atoms with Crippen molar-refractivity contribution in [3.8, 4) is 0 Å². The Hall–Kier alpha value is -2.65. The van der Waals surface area contributed by atoms with Gasteiger partial charge in [0.15, 0.2) is 0 Å². The maximum atomic E-state index is 11.1. The molecular weight excluding hydrogens is 280 g/mol. The maximum Gasteiger partial charge on any atom is 0.308 e. The summed E-state index contributed by atoms with van der Waals surface area (Å²) in [5.41, 5.74) is 0. The van der Waals surface area contributed by atoms with Crippen LogP contribution < -0.4 is 0 Å². The average Bonchev–Trinajstić information content (AvgIpc) is 2.64. The van der Waals surface area contributed by atoms with Crippen molar-refractivity contribution in [3.63, 3.8) is 0 Å². The quantitative estimate of drug-likeness (QED) is 0.398. The molecule has 0 amide bonds. The highest BCUT2D eigenvalue weighted by Gasteiger charge is 2.64. The first kappa shape index (κ1) is 15.4. The van der Waals surface area contributed by atoms with Gasteiger partial charge < -0.3 is 25.5 Å². The minimum absolute atomic E-state index is 1.86. The Kier molecular flexibility index (Phi) is 3.97. The van der Waals surface area contributed by atoms with Crippen molar-refractivity contribution in [1.82, 2.24) is 0 Å². The normalized spacial score (nSPS) is 32.5. The van der Waals surface area contributed by atoms with Crippen molar-refractivity contribution < 1.29 is 49.5 Å². The summed E-state index contributed by atoms with van der Waals surface area (Å²) in [6, 6.07) is 0. The minimum Gasteiger partial charge on any atom is -0.481 e. The molecule has 0 aliphatic heterocycles. The molecule has 10 heteroatoms. The van der Waals surface area contributed by atoms with Crippen molar-refractivity contribution in [2.75, 3.05) is 0 Å². The molecule has 0 atom stereocenters. The van der Waals surface area contributed by atoms with Gasteiger partial charge in [0.1, 0.15) is 0 Å². The second kappa shape index (κ2) is 5.15. The van der Waals surface area contributed by atoms with Crippen LogP contribution in [0.5, 0.6) is 0 Å². The van der Waals surface area contributed by atoms with E-state index >= 15 is 0 Å². The lowest BCUT2D eigenvalue weighted by Gasteiger charge is -2.15. The standard InChI is InChI=1S/C10H10O10/c11-6(12)1-2(7(13)14)4(9(17)18)5(10(19)20)3(1)8(15)16/h1-5H,(H,11,12)(H,13,14)(H,15,16)(H,17,18)(H,19,20)/t1-,2-,3-,4+,5?/m0/s1. The molecule has 0 spiro atoms. The predicted octanol–water partition coefficient (Wildman–Crippen LogP) is -1.50. The van der Waals surface area contributed by atoms with E-state index in [1.807, 2.05) is 0 Å². The Labute approximate surface area is 110 Å². The summed E-state index contributed by atoms with van der Waals surface area (Å²) in [7, 11) is 0. The van der Waals surface area contributed by atoms with Gasteiger partial charge in [0, 0.05) is 0 Å². The van der Waals surface area contributed by atoms with E-state index in [-0.39, 0.29) is 0 Å². The Bertz CT molecular complexity index is 380. The zero-order chi connectivity index (χ0) is 15.8. The van der Waals surface area contributed by atoms with Crippen molar-refractivity contribution in [3.05, 3.63) is 0 Å². The van der Waals surface area contributed by atoms with Crippen LogP contribution in [0.15, 0.2) is 0 Å². The van der Waals surface area contributed by atoms with E-state index in [9.17, 15) is 24.0 Å². The van der Waals surface area contributed by atoms with Gasteiger partial charge in [0.25, 0.3) is 0 Å². The van der Waals surface area contributed by atoms with Gasteiger partial charge in [-0.3, -0.25) is 24.0 Å². The van der Waals surface area contributed by atoms with Crippen LogP contribution >= 0.6 is 0 Å². The molecule has 0 radical (unpaired) electrons. The van der Waals surface area contributed by atoms with Gasteiger partial charge in [-0.2, -0.15) is 0 Å². The number of aliphatic carboxylic acids is 5. The van der Waals surface area contributed by atoms with E-state index in [4.69, 9.17) is 25.5 Å². The average molecular weight is 290 g/mol. The molecule has 1 fully saturated rings. The highest BCUT2D eigenvalue weighted by molar-refractivity contribution is 5.96. The zero-order valence-corrected chi connectivity index (χ0v) is 9.66. The van der Waals surface area contributed by atoms with Crippen LogP contribution in [0.4, 0.5) is 0 Å². The molecule has 1 saturated carbocycles. The Morgan fingerprint density at radius 2 is 0.500 bits per heavy atom. The monoisotopic (exact) mass is 290 g/mol. The van der Waals surface area contributed by atoms with Gasteiger partial charge in [-0.15, -0.1) is 0 Å². The first-order valence-electron chi connectivity index (χ1n) is 5.25. The molecule has 0 unspecified atom stereocenters. The molecule has 1 aliphatic carbocycles. The van der Waals surface area contributed by atoms with Crippen LogP contribution in [0.25, 0.3) is 0 Å². The molecule has 0 aromatic carbocycles. The summed E-state index contributed by atoms with van der Waals surface area (Å²) >= 11 is 0. The van der Waals surface area contributed by atoms with Gasteiger partial charge in [-0.1, -0.05) is 0 Å². The smallest absolute Gasteiger partial charge is 0.308 e. The maximum absolute atomic E-state index is 11.1. The van der Waals surface area contributed by atoms with E-state index in [0.717, 1.165) is 0 Å². The van der Waals surface area contributed by atoms with Crippen molar-refractivity contribution in [2.45, 2.75) is 0 Å². The summed E-state index contributed by atoms with van der Waals surface area (Å²) in [5, 5.41) is 44.7. The third kappa shape index (κ3) is 2.27. The summed E-state index contributed by atoms with van der Waals surface area (Å²) in [6.45, 7) is 0. The van der Waals surface area contributed by atoms with Crippen molar-refractivity contribution >= 4 is 29.8 Å². The molecule has 1 rings (SSSR count). The molecule has 0 bridgehead atoms. The molecule has 0 aromatic rings. The molecule has 0 saturated heterocycles. The molecule has 0 heterocycles. The summed E-state index contributed by atoms with van der Waals surface area (Å²) < 4.78 is 0. The molecule has 1 aliphatic rings. The zero-order valence-electron chi connectivity index (χ0n) is 9.66. The lowest BCUT2D eigenvalue weighted by Crippen LogP contribution is -2.35. The summed E-state index contributed by atoms with van der Waals surface area (Å²) in [4.78, 5) is 55.3. The predicted molar refractivity (Wildman–Crippen MR) is 55.6 cm³/mol. The summed E-state index contributed by atoms with van der Waals surface area (Å²) in [5.74, 6) is -20.0. The lowest BCUT2D eigenvalue weighted by molar-refractivity contribution is -0.160. The van der Waals surface area contributed by atoms with E-state index in [0.29, 0.717) is 0 Å². The van der Waals surface area contributed by atoms with Crippen LogP contribution in [-0.2, 0) is 24.0 Å². The van der Waals surface area contributed by atoms with Crippen molar-refractivity contribution in [1.29, 1.82) is 0 Å². The van der Waals surface area contributed by atoms with Crippen LogP contribution in [0.2, 0.25) is 0 Å². The summed E-state index contributed by atoms with van der Waals surface area (Å²) in [6.07, 6.45) is 0. The second-order valence-corrected chi connectivity index (χ2v) is 4.32. The highest BCUT2D eigenvalue weighted by atomic mass is 16.4. The Morgan fingerprint density at radius 1 is 0.400 bits per heavy atom. The van der Waals surface area contributed by atoms with E-state index in [1.54, 1.807) is 0 Å². The Morgan fingerprint density at radius 3 is 0.550 bits per heavy atom. The molecular formula is C10H10O10. The molecule has 5 N–H and O–H groups in total. The van der Waals surface area contributed by atoms with Gasteiger partial charge in [0.2, 0.25) is 0 Å². The molecule has 20 heavy (non-hydrogen) atoms. The fourth-order valence-electron chi connectivity index (χ4n) is 2.65. The first-order chi connectivity index (χ1) is 9.11. The van der Waals surface area contributed by atoms with Gasteiger partial charge in [0.05, 0.1) is 29.6 Å². The molecule has 0 aromatic heterocycles. The Balaban J connectivity index is 3.51. The largest absolute Gasteiger partial charge is 0.481 e. The van der Waals surface area contributed by atoms with Crippen molar-refractivity contribution in [2.24, 2.45) is 29.6 Å². The lowest BCUT2D eigenvalue weighted by atomic mass is 9.87. The number of hydrogen-bond acceptors (Lipinski definition) is 5. The third-order valence-corrected chi connectivity index (χ3v) is 3.36. The number of carboxylic acid groups (broad SMARTS) is 5. The topological polar surface area (TPSA) is 186 Å². The third-order valence-electron chi connectivity index (χ3n) is 3.36. The minimum atomic E-state index is -2.13. The van der Waals surface area contributed by atoms with E-state index in [2.05, 4.69) is 0 Å². The first-order valence-corrected chi connectivity index (χ1v) is 5.25. The van der Waals surface area contributed by atoms with Crippen LogP contribution in [0.1, 0.15) is 0 Å². The van der Waals surface area contributed by atoms with Crippen LogP contribution in [0, 0.1) is 29.6 Å². The highest BCUT2D eigenvalue weighted by Crippen LogP contribution is 2.47. The van der Waals surface area contributed by atoms with E-state index in [1.165, 1.54) is 0 Å². The van der Waals surface area contributed by atoms with Gasteiger partial charge in [-0.25, -0.2) is 0 Å². The number of carbonyl (C=O) groups is 5. The fraction of sp³-hybridized carbons (Fsp3) is 0.500.